The minimum Gasteiger partial charge on any atom is -0.387 e. The summed E-state index contributed by atoms with van der Waals surface area (Å²) in [6.45, 7) is 3.45. The van der Waals surface area contributed by atoms with Crippen molar-refractivity contribution in [3.8, 4) is 0 Å². The lowest BCUT2D eigenvalue weighted by Gasteiger charge is -2.33. The summed E-state index contributed by atoms with van der Waals surface area (Å²) in [5, 5.41) is 10.8. The molecular formula is C20H26N6O3. The first-order valence-electron chi connectivity index (χ1n) is 9.71. The Morgan fingerprint density at radius 3 is 2.31 bits per heavy atom. The average molecular weight is 398 g/mol. The summed E-state index contributed by atoms with van der Waals surface area (Å²) in [4.78, 5) is 34.4. The van der Waals surface area contributed by atoms with E-state index in [0.717, 1.165) is 36.3 Å². The number of aliphatic hydroxyl groups is 1. The second kappa shape index (κ2) is 7.49. The van der Waals surface area contributed by atoms with Crippen LogP contribution in [0.4, 0.5) is 5.95 Å². The Kier molecular flexibility index (Phi) is 5.01. The van der Waals surface area contributed by atoms with Crippen molar-refractivity contribution in [1.29, 1.82) is 0 Å². The molecule has 0 aliphatic carbocycles. The predicted molar refractivity (Wildman–Crippen MR) is 111 cm³/mol. The molecule has 0 spiro atoms. The second-order valence-corrected chi connectivity index (χ2v) is 7.62. The van der Waals surface area contributed by atoms with Gasteiger partial charge in [-0.2, -0.15) is 4.98 Å². The number of rotatable bonds is 4. The molecule has 0 radical (unpaired) electrons. The maximum Gasteiger partial charge on any atom is 0.332 e. The first-order chi connectivity index (χ1) is 13.9. The van der Waals surface area contributed by atoms with Crippen LogP contribution >= 0.6 is 0 Å². The van der Waals surface area contributed by atoms with Crippen molar-refractivity contribution in [3.63, 3.8) is 0 Å². The molecule has 9 nitrogen and oxygen atoms in total. The van der Waals surface area contributed by atoms with Gasteiger partial charge in [0.1, 0.15) is 0 Å². The number of aliphatic hydroxyl groups excluding tert-OH is 1. The summed E-state index contributed by atoms with van der Waals surface area (Å²) in [5.41, 5.74) is 0.614. The van der Waals surface area contributed by atoms with Gasteiger partial charge in [-0.15, -0.1) is 0 Å². The first kappa shape index (κ1) is 19.4. The van der Waals surface area contributed by atoms with Gasteiger partial charge in [-0.3, -0.25) is 13.9 Å². The van der Waals surface area contributed by atoms with Crippen molar-refractivity contribution in [3.05, 3.63) is 56.7 Å². The van der Waals surface area contributed by atoms with E-state index < -0.39 is 17.4 Å². The van der Waals surface area contributed by atoms with E-state index in [4.69, 9.17) is 0 Å². The van der Waals surface area contributed by atoms with Gasteiger partial charge in [-0.1, -0.05) is 30.3 Å². The van der Waals surface area contributed by atoms with E-state index >= 15 is 0 Å². The summed E-state index contributed by atoms with van der Waals surface area (Å²) in [6.07, 6.45) is -0.804. The standard InChI is InChI=1S/C20H26N6O3/c1-22-9-11-25(12-10-22)19-21-17-16(18(28)24(3)20(29)23(17)2)26(19)13-15(27)14-7-5-4-6-8-14/h4-8,15,27H,9-13H2,1-3H3/t15-/m1/s1. The van der Waals surface area contributed by atoms with Crippen LogP contribution in [0.15, 0.2) is 39.9 Å². The van der Waals surface area contributed by atoms with E-state index in [1.165, 1.54) is 11.6 Å². The largest absolute Gasteiger partial charge is 0.387 e. The number of anilines is 1. The maximum absolute atomic E-state index is 13.0. The molecule has 0 amide bonds. The minimum absolute atomic E-state index is 0.176. The van der Waals surface area contributed by atoms with Gasteiger partial charge in [0.25, 0.3) is 5.56 Å². The highest BCUT2D eigenvalue weighted by Gasteiger charge is 2.26. The summed E-state index contributed by atoms with van der Waals surface area (Å²) in [6, 6.07) is 9.34. The molecule has 3 aromatic rings. The predicted octanol–water partition coefficient (Wildman–Crippen LogP) is -0.0809. The molecule has 4 rings (SSSR count). The Labute approximate surface area is 168 Å². The highest BCUT2D eigenvalue weighted by molar-refractivity contribution is 5.74. The first-order valence-corrected chi connectivity index (χ1v) is 9.71. The lowest BCUT2D eigenvalue weighted by molar-refractivity contribution is 0.158. The van der Waals surface area contributed by atoms with Crippen molar-refractivity contribution in [2.24, 2.45) is 14.1 Å². The molecule has 1 N–H and O–H groups in total. The van der Waals surface area contributed by atoms with E-state index in [2.05, 4.69) is 21.8 Å². The highest BCUT2D eigenvalue weighted by Crippen LogP contribution is 2.24. The number of imidazole rings is 1. The van der Waals surface area contributed by atoms with Crippen LogP contribution in [-0.2, 0) is 20.6 Å². The highest BCUT2D eigenvalue weighted by atomic mass is 16.3. The zero-order valence-corrected chi connectivity index (χ0v) is 16.9. The summed E-state index contributed by atoms with van der Waals surface area (Å²) >= 11 is 0. The molecule has 3 heterocycles. The van der Waals surface area contributed by atoms with E-state index in [0.29, 0.717) is 17.1 Å². The SMILES string of the molecule is CN1CCN(c2nc3c(c(=O)n(C)c(=O)n3C)n2C[C@@H](O)c2ccccc2)CC1. The normalized spacial score (nSPS) is 16.5. The molecule has 29 heavy (non-hydrogen) atoms. The van der Waals surface area contributed by atoms with Crippen molar-refractivity contribution in [1.82, 2.24) is 23.6 Å². The molecular weight excluding hydrogens is 372 g/mol. The molecule has 1 saturated heterocycles. The topological polar surface area (TPSA) is 88.5 Å². The number of hydrogen-bond donors (Lipinski definition) is 1. The fourth-order valence-corrected chi connectivity index (χ4v) is 3.81. The Morgan fingerprint density at radius 2 is 1.66 bits per heavy atom. The van der Waals surface area contributed by atoms with E-state index in [1.807, 2.05) is 30.3 Å². The number of nitrogens with zero attached hydrogens (tertiary/aromatic N) is 6. The molecule has 0 bridgehead atoms. The fraction of sp³-hybridized carbons (Fsp3) is 0.450. The molecule has 0 saturated carbocycles. The van der Waals surface area contributed by atoms with Crippen LogP contribution in [0.3, 0.4) is 0 Å². The zero-order valence-electron chi connectivity index (χ0n) is 16.9. The minimum atomic E-state index is -0.804. The van der Waals surface area contributed by atoms with Crippen molar-refractivity contribution < 1.29 is 5.11 Å². The smallest absolute Gasteiger partial charge is 0.332 e. The van der Waals surface area contributed by atoms with Crippen LogP contribution < -0.4 is 16.1 Å². The molecule has 2 aromatic heterocycles. The molecule has 0 unspecified atom stereocenters. The van der Waals surface area contributed by atoms with Crippen LogP contribution in [0.2, 0.25) is 0 Å². The lowest BCUT2D eigenvalue weighted by atomic mass is 10.1. The molecule has 1 atom stereocenters. The van der Waals surface area contributed by atoms with Crippen molar-refractivity contribution >= 4 is 17.1 Å². The van der Waals surface area contributed by atoms with Crippen LogP contribution in [0.25, 0.3) is 11.2 Å². The van der Waals surface area contributed by atoms with Gasteiger partial charge in [0.05, 0.1) is 12.6 Å². The number of aromatic nitrogens is 4. The molecule has 1 fully saturated rings. The van der Waals surface area contributed by atoms with Gasteiger partial charge in [0.2, 0.25) is 5.95 Å². The summed E-state index contributed by atoms with van der Waals surface area (Å²) in [5.74, 6) is 0.612. The number of benzene rings is 1. The third kappa shape index (κ3) is 3.36. The maximum atomic E-state index is 13.0. The summed E-state index contributed by atoms with van der Waals surface area (Å²) in [7, 11) is 5.15. The monoisotopic (exact) mass is 398 g/mol. The van der Waals surface area contributed by atoms with Crippen LogP contribution in [0.1, 0.15) is 11.7 Å². The van der Waals surface area contributed by atoms with Gasteiger partial charge in [0.15, 0.2) is 11.2 Å². The Balaban J connectivity index is 1.88. The quantitative estimate of drug-likeness (QED) is 0.661. The second-order valence-electron chi connectivity index (χ2n) is 7.62. The van der Waals surface area contributed by atoms with Gasteiger partial charge >= 0.3 is 5.69 Å². The van der Waals surface area contributed by atoms with Gasteiger partial charge in [-0.05, 0) is 12.6 Å². The fourth-order valence-electron chi connectivity index (χ4n) is 3.81. The van der Waals surface area contributed by atoms with E-state index in [9.17, 15) is 14.7 Å². The number of fused-ring (bicyclic) bond motifs is 1. The molecule has 1 aliphatic rings. The Morgan fingerprint density at radius 1 is 1.00 bits per heavy atom. The van der Waals surface area contributed by atoms with Gasteiger partial charge in [0, 0.05) is 40.3 Å². The molecule has 1 aliphatic heterocycles. The lowest BCUT2D eigenvalue weighted by Crippen LogP contribution is -2.45. The third-order valence-electron chi connectivity index (χ3n) is 5.65. The molecule has 9 heteroatoms. The van der Waals surface area contributed by atoms with E-state index in [-0.39, 0.29) is 6.54 Å². The van der Waals surface area contributed by atoms with Crippen LogP contribution in [-0.4, -0.2) is 61.9 Å². The van der Waals surface area contributed by atoms with Gasteiger partial charge < -0.3 is 19.5 Å². The zero-order chi connectivity index (χ0) is 20.7. The Hall–Kier alpha value is -2.91. The number of likely N-dealkylation sites (N-methyl/N-ethyl adjacent to an activating group) is 1. The summed E-state index contributed by atoms with van der Waals surface area (Å²) < 4.78 is 4.24. The Bertz CT molecular complexity index is 1140. The van der Waals surface area contributed by atoms with Crippen molar-refractivity contribution in [2.45, 2.75) is 12.6 Å². The van der Waals surface area contributed by atoms with Gasteiger partial charge in [-0.25, -0.2) is 4.79 Å². The number of piperazine rings is 1. The molecule has 154 valence electrons. The molecule has 1 aromatic carbocycles. The average Bonchev–Trinajstić information content (AvgIpc) is 3.11. The number of aryl methyl sites for hydroxylation is 1. The van der Waals surface area contributed by atoms with Crippen molar-refractivity contribution in [2.75, 3.05) is 38.1 Å². The number of hydrogen-bond acceptors (Lipinski definition) is 6. The van der Waals surface area contributed by atoms with Crippen LogP contribution in [0, 0.1) is 0 Å². The third-order valence-corrected chi connectivity index (χ3v) is 5.65. The van der Waals surface area contributed by atoms with E-state index in [1.54, 1.807) is 11.6 Å². The van der Waals surface area contributed by atoms with Crippen LogP contribution in [0.5, 0.6) is 0 Å².